The Bertz CT molecular complexity index is 486. The summed E-state index contributed by atoms with van der Waals surface area (Å²) >= 11 is 0. The number of fused-ring (bicyclic) bond motifs is 1. The fraction of sp³-hybridized carbons (Fsp3) is 0.455. The van der Waals surface area contributed by atoms with Gasteiger partial charge in [0.05, 0.1) is 10.9 Å². The highest BCUT2D eigenvalue weighted by molar-refractivity contribution is 7.89. The van der Waals surface area contributed by atoms with Gasteiger partial charge in [-0.2, -0.15) is 0 Å². The lowest BCUT2D eigenvalue weighted by molar-refractivity contribution is 0.310. The molecule has 1 aliphatic heterocycles. The van der Waals surface area contributed by atoms with Crippen molar-refractivity contribution in [2.75, 3.05) is 0 Å². The highest BCUT2D eigenvalue weighted by atomic mass is 32.2. The zero-order chi connectivity index (χ0) is 11.3. The van der Waals surface area contributed by atoms with E-state index >= 15 is 0 Å². The van der Waals surface area contributed by atoms with Gasteiger partial charge in [-0.05, 0) is 17.0 Å². The van der Waals surface area contributed by atoms with Gasteiger partial charge in [0.2, 0.25) is 10.0 Å². The maximum absolute atomic E-state index is 11.8. The van der Waals surface area contributed by atoms with Crippen molar-refractivity contribution in [1.29, 1.82) is 0 Å². The first kappa shape index (κ1) is 10.6. The van der Waals surface area contributed by atoms with E-state index in [1.54, 1.807) is 12.1 Å². The van der Waals surface area contributed by atoms with Gasteiger partial charge in [-0.3, -0.25) is 0 Å². The van der Waals surface area contributed by atoms with Gasteiger partial charge in [-0.1, -0.05) is 39.0 Å². The van der Waals surface area contributed by atoms with Crippen LogP contribution in [0.2, 0.25) is 0 Å². The molecule has 0 aliphatic carbocycles. The summed E-state index contributed by atoms with van der Waals surface area (Å²) < 4.78 is 26.3. The molecule has 0 unspecified atom stereocenters. The summed E-state index contributed by atoms with van der Waals surface area (Å²) in [5.74, 6) is 0. The van der Waals surface area contributed by atoms with E-state index in [0.717, 1.165) is 5.56 Å². The summed E-state index contributed by atoms with van der Waals surface area (Å²) in [6.45, 7) is 6.09. The Labute approximate surface area is 90.6 Å². The minimum Gasteiger partial charge on any atom is -0.207 e. The predicted molar refractivity (Wildman–Crippen MR) is 59.0 cm³/mol. The molecular formula is C11H15NO2S. The van der Waals surface area contributed by atoms with Gasteiger partial charge in [0.1, 0.15) is 0 Å². The molecule has 0 fully saturated rings. The first-order valence-electron chi connectivity index (χ1n) is 4.93. The predicted octanol–water partition coefficient (Wildman–Crippen LogP) is 2.07. The number of sulfonamides is 1. The third-order valence-electron chi connectivity index (χ3n) is 2.66. The van der Waals surface area contributed by atoms with Crippen molar-refractivity contribution in [2.45, 2.75) is 31.7 Å². The summed E-state index contributed by atoms with van der Waals surface area (Å²) in [5, 5.41) is 0. The molecule has 1 aromatic rings. The molecule has 0 radical (unpaired) electrons. The van der Waals surface area contributed by atoms with Crippen molar-refractivity contribution < 1.29 is 8.42 Å². The van der Waals surface area contributed by atoms with Crippen LogP contribution in [-0.2, 0) is 10.0 Å². The van der Waals surface area contributed by atoms with Gasteiger partial charge < -0.3 is 0 Å². The van der Waals surface area contributed by atoms with E-state index in [1.165, 1.54) is 0 Å². The van der Waals surface area contributed by atoms with E-state index in [9.17, 15) is 8.42 Å². The molecule has 2 rings (SSSR count). The van der Waals surface area contributed by atoms with Crippen molar-refractivity contribution in [3.8, 4) is 0 Å². The van der Waals surface area contributed by atoms with Crippen LogP contribution in [0, 0.1) is 5.41 Å². The minimum absolute atomic E-state index is 0.111. The van der Waals surface area contributed by atoms with E-state index in [1.807, 2.05) is 32.9 Å². The van der Waals surface area contributed by atoms with Crippen molar-refractivity contribution in [1.82, 2.24) is 4.72 Å². The van der Waals surface area contributed by atoms with Crippen LogP contribution >= 0.6 is 0 Å². The first-order chi connectivity index (χ1) is 6.82. The smallest absolute Gasteiger partial charge is 0.207 e. The molecule has 15 heavy (non-hydrogen) atoms. The van der Waals surface area contributed by atoms with E-state index in [4.69, 9.17) is 0 Å². The second kappa shape index (κ2) is 3.06. The third kappa shape index (κ3) is 1.68. The normalized spacial score (nSPS) is 23.8. The fourth-order valence-electron chi connectivity index (χ4n) is 1.89. The number of benzene rings is 1. The highest BCUT2D eigenvalue weighted by Crippen LogP contribution is 2.41. The molecule has 1 heterocycles. The zero-order valence-electron chi connectivity index (χ0n) is 9.11. The maximum atomic E-state index is 11.8. The van der Waals surface area contributed by atoms with Crippen molar-refractivity contribution in [2.24, 2.45) is 5.41 Å². The molecule has 4 heteroatoms. The lowest BCUT2D eigenvalue weighted by atomic mass is 9.83. The quantitative estimate of drug-likeness (QED) is 0.734. The Kier molecular flexibility index (Phi) is 2.17. The second-order valence-electron chi connectivity index (χ2n) is 4.96. The highest BCUT2D eigenvalue weighted by Gasteiger charge is 2.39. The summed E-state index contributed by atoms with van der Waals surface area (Å²) in [4.78, 5) is 0.421. The van der Waals surface area contributed by atoms with Crippen LogP contribution in [0.25, 0.3) is 0 Å². The summed E-state index contributed by atoms with van der Waals surface area (Å²) in [7, 11) is -3.29. The zero-order valence-corrected chi connectivity index (χ0v) is 9.93. The Morgan fingerprint density at radius 2 is 1.80 bits per heavy atom. The largest absolute Gasteiger partial charge is 0.241 e. The fourth-order valence-corrected chi connectivity index (χ4v) is 3.56. The second-order valence-corrected chi connectivity index (χ2v) is 6.64. The maximum Gasteiger partial charge on any atom is 0.241 e. The SMILES string of the molecule is CC(C)(C)[C@@H]1NS(=O)(=O)c2ccccc21. The number of hydrogen-bond acceptors (Lipinski definition) is 2. The van der Waals surface area contributed by atoms with Crippen molar-refractivity contribution >= 4 is 10.0 Å². The van der Waals surface area contributed by atoms with Crippen molar-refractivity contribution in [3.05, 3.63) is 29.8 Å². The molecular weight excluding hydrogens is 210 g/mol. The standard InChI is InChI=1S/C11H15NO2S/c1-11(2,3)10-8-6-4-5-7-9(8)15(13,14)12-10/h4-7,10,12H,1-3H3/t10-/m1/s1. The van der Waals surface area contributed by atoms with E-state index in [2.05, 4.69) is 4.72 Å². The number of nitrogens with one attached hydrogen (secondary N) is 1. The lowest BCUT2D eigenvalue weighted by Gasteiger charge is -2.26. The number of rotatable bonds is 0. The van der Waals surface area contributed by atoms with Crippen LogP contribution in [-0.4, -0.2) is 8.42 Å². The molecule has 82 valence electrons. The van der Waals surface area contributed by atoms with Crippen LogP contribution in [0.5, 0.6) is 0 Å². The summed E-state index contributed by atoms with van der Waals surface area (Å²) in [6, 6.07) is 7.04. The van der Waals surface area contributed by atoms with Gasteiger partial charge in [-0.15, -0.1) is 0 Å². The van der Waals surface area contributed by atoms with E-state index in [0.29, 0.717) is 4.90 Å². The molecule has 1 atom stereocenters. The Balaban J connectivity index is 2.62. The number of hydrogen-bond donors (Lipinski definition) is 1. The monoisotopic (exact) mass is 225 g/mol. The molecule has 1 aromatic carbocycles. The lowest BCUT2D eigenvalue weighted by Crippen LogP contribution is -2.29. The van der Waals surface area contributed by atoms with Gasteiger partial charge in [-0.25, -0.2) is 13.1 Å². The summed E-state index contributed by atoms with van der Waals surface area (Å²) in [5.41, 5.74) is 0.768. The topological polar surface area (TPSA) is 46.2 Å². The average molecular weight is 225 g/mol. The molecule has 0 spiro atoms. The average Bonchev–Trinajstić information content (AvgIpc) is 2.39. The van der Waals surface area contributed by atoms with Crippen LogP contribution in [0.3, 0.4) is 0 Å². The van der Waals surface area contributed by atoms with Gasteiger partial charge in [0.25, 0.3) is 0 Å². The third-order valence-corrected chi connectivity index (χ3v) is 4.16. The summed E-state index contributed by atoms with van der Waals surface area (Å²) in [6.07, 6.45) is 0. The van der Waals surface area contributed by atoms with Gasteiger partial charge >= 0.3 is 0 Å². The van der Waals surface area contributed by atoms with E-state index in [-0.39, 0.29) is 11.5 Å². The van der Waals surface area contributed by atoms with Crippen LogP contribution < -0.4 is 4.72 Å². The van der Waals surface area contributed by atoms with E-state index < -0.39 is 10.0 Å². The van der Waals surface area contributed by atoms with Crippen LogP contribution in [0.1, 0.15) is 32.4 Å². The Hall–Kier alpha value is -0.870. The molecule has 0 amide bonds. The molecule has 1 N–H and O–H groups in total. The molecule has 0 saturated carbocycles. The molecule has 1 aliphatic rings. The van der Waals surface area contributed by atoms with Crippen LogP contribution in [0.4, 0.5) is 0 Å². The van der Waals surface area contributed by atoms with Crippen molar-refractivity contribution in [3.63, 3.8) is 0 Å². The minimum atomic E-state index is -3.29. The molecule has 0 bridgehead atoms. The Morgan fingerprint density at radius 3 is 2.40 bits per heavy atom. The van der Waals surface area contributed by atoms with Gasteiger partial charge in [0, 0.05) is 0 Å². The Morgan fingerprint density at radius 1 is 1.20 bits per heavy atom. The molecule has 0 saturated heterocycles. The molecule has 3 nitrogen and oxygen atoms in total. The van der Waals surface area contributed by atoms with Gasteiger partial charge in [0.15, 0.2) is 0 Å². The molecule has 0 aromatic heterocycles. The van der Waals surface area contributed by atoms with Crippen LogP contribution in [0.15, 0.2) is 29.2 Å². The first-order valence-corrected chi connectivity index (χ1v) is 6.42.